The average molecular weight is 346 g/mol. The van der Waals surface area contributed by atoms with Gasteiger partial charge in [-0.05, 0) is 38.5 Å². The highest BCUT2D eigenvalue weighted by atomic mass is 19.4. The summed E-state index contributed by atoms with van der Waals surface area (Å²) in [7, 11) is 1.40. The molecule has 0 aliphatic heterocycles. The van der Waals surface area contributed by atoms with Crippen LogP contribution < -0.4 is 10.6 Å². The monoisotopic (exact) mass is 346 g/mol. The van der Waals surface area contributed by atoms with Crippen molar-refractivity contribution in [3.8, 4) is 0 Å². The van der Waals surface area contributed by atoms with Gasteiger partial charge >= 0.3 is 12.3 Å². The van der Waals surface area contributed by atoms with E-state index in [0.29, 0.717) is 0 Å². The van der Waals surface area contributed by atoms with Gasteiger partial charge in [-0.1, -0.05) is 12.1 Å². The second-order valence-electron chi connectivity index (χ2n) is 6.20. The minimum atomic E-state index is -4.51. The van der Waals surface area contributed by atoms with Gasteiger partial charge in [-0.25, -0.2) is 4.79 Å². The Labute approximate surface area is 138 Å². The molecule has 0 fully saturated rings. The molecule has 1 aromatic carbocycles. The lowest BCUT2D eigenvalue weighted by Gasteiger charge is -2.24. The van der Waals surface area contributed by atoms with E-state index in [1.165, 1.54) is 19.2 Å². The summed E-state index contributed by atoms with van der Waals surface area (Å²) in [5.74, 6) is -0.423. The predicted octanol–water partition coefficient (Wildman–Crippen LogP) is 3.41. The van der Waals surface area contributed by atoms with E-state index in [4.69, 9.17) is 4.74 Å². The molecule has 1 aromatic rings. The molecule has 134 valence electrons. The second-order valence-corrected chi connectivity index (χ2v) is 6.20. The zero-order valence-electron chi connectivity index (χ0n) is 14.0. The number of nitrogens with one attached hydrogen (secondary N) is 2. The number of alkyl carbamates (subject to hydrolysis) is 1. The molecule has 0 radical (unpaired) electrons. The van der Waals surface area contributed by atoms with Crippen molar-refractivity contribution in [1.82, 2.24) is 10.6 Å². The van der Waals surface area contributed by atoms with Crippen LogP contribution in [0.1, 0.15) is 44.4 Å². The Balaban J connectivity index is 3.06. The Bertz CT molecular complexity index is 595. The molecular weight excluding hydrogens is 325 g/mol. The van der Waals surface area contributed by atoms with E-state index in [1.54, 1.807) is 20.8 Å². The van der Waals surface area contributed by atoms with Crippen molar-refractivity contribution in [2.75, 3.05) is 7.05 Å². The van der Waals surface area contributed by atoms with Crippen LogP contribution in [0.2, 0.25) is 0 Å². The van der Waals surface area contributed by atoms with Crippen molar-refractivity contribution in [3.63, 3.8) is 0 Å². The number of halogens is 3. The molecule has 5 nitrogen and oxygen atoms in total. The van der Waals surface area contributed by atoms with E-state index in [-0.39, 0.29) is 12.0 Å². The van der Waals surface area contributed by atoms with Crippen LogP contribution in [0.4, 0.5) is 18.0 Å². The van der Waals surface area contributed by atoms with Crippen LogP contribution in [0.15, 0.2) is 24.3 Å². The SMILES string of the molecule is CNC(=O)CC(NC(=O)OC(C)(C)C)c1cccc(C(F)(F)F)c1. The van der Waals surface area contributed by atoms with Crippen LogP contribution in [0.25, 0.3) is 0 Å². The third-order valence-corrected chi connectivity index (χ3v) is 2.98. The molecule has 0 heterocycles. The summed E-state index contributed by atoms with van der Waals surface area (Å²) in [6.07, 6.45) is -5.54. The van der Waals surface area contributed by atoms with Crippen LogP contribution in [0, 0.1) is 0 Å². The minimum Gasteiger partial charge on any atom is -0.444 e. The summed E-state index contributed by atoms with van der Waals surface area (Å²) < 4.78 is 43.7. The molecular formula is C16H21F3N2O3. The summed E-state index contributed by atoms with van der Waals surface area (Å²) in [6.45, 7) is 4.97. The number of carbonyl (C=O) groups is 2. The Hall–Kier alpha value is -2.25. The fourth-order valence-electron chi connectivity index (χ4n) is 1.92. The van der Waals surface area contributed by atoms with E-state index in [2.05, 4.69) is 10.6 Å². The number of hydrogen-bond donors (Lipinski definition) is 2. The van der Waals surface area contributed by atoms with Crippen molar-refractivity contribution in [2.24, 2.45) is 0 Å². The standard InChI is InChI=1S/C16H21F3N2O3/c1-15(2,3)24-14(23)21-12(9-13(22)20-4)10-6-5-7-11(8-10)16(17,18)19/h5-8,12H,9H2,1-4H3,(H,20,22)(H,21,23). The van der Waals surface area contributed by atoms with Gasteiger partial charge in [0.2, 0.25) is 5.91 Å². The highest BCUT2D eigenvalue weighted by Gasteiger charge is 2.31. The predicted molar refractivity (Wildman–Crippen MR) is 82.2 cm³/mol. The van der Waals surface area contributed by atoms with Crippen molar-refractivity contribution in [2.45, 2.75) is 45.0 Å². The first-order valence-electron chi connectivity index (χ1n) is 7.29. The molecule has 2 amide bonds. The van der Waals surface area contributed by atoms with E-state index < -0.39 is 35.4 Å². The fraction of sp³-hybridized carbons (Fsp3) is 0.500. The third kappa shape index (κ3) is 6.47. The van der Waals surface area contributed by atoms with Crippen LogP contribution in [0.3, 0.4) is 0 Å². The number of rotatable bonds is 4. The maximum atomic E-state index is 12.9. The fourth-order valence-corrected chi connectivity index (χ4v) is 1.92. The summed E-state index contributed by atoms with van der Waals surface area (Å²) in [4.78, 5) is 23.5. The number of ether oxygens (including phenoxy) is 1. The first kappa shape index (κ1) is 19.8. The Kier molecular flexibility index (Phi) is 6.22. The first-order valence-corrected chi connectivity index (χ1v) is 7.29. The zero-order chi connectivity index (χ0) is 18.5. The van der Waals surface area contributed by atoms with Gasteiger partial charge in [0.15, 0.2) is 0 Å². The molecule has 0 aliphatic rings. The topological polar surface area (TPSA) is 67.4 Å². The number of carbonyl (C=O) groups excluding carboxylic acids is 2. The van der Waals surface area contributed by atoms with Gasteiger partial charge in [-0.3, -0.25) is 4.79 Å². The van der Waals surface area contributed by atoms with Crippen molar-refractivity contribution < 1.29 is 27.5 Å². The Morgan fingerprint density at radius 3 is 2.33 bits per heavy atom. The molecule has 0 spiro atoms. The number of hydrogen-bond acceptors (Lipinski definition) is 3. The van der Waals surface area contributed by atoms with Crippen molar-refractivity contribution in [1.29, 1.82) is 0 Å². The molecule has 1 unspecified atom stereocenters. The maximum Gasteiger partial charge on any atom is 0.416 e. The summed E-state index contributed by atoms with van der Waals surface area (Å²) in [5, 5.41) is 4.82. The van der Waals surface area contributed by atoms with Gasteiger partial charge in [-0.2, -0.15) is 13.2 Å². The zero-order valence-corrected chi connectivity index (χ0v) is 14.0. The van der Waals surface area contributed by atoms with E-state index in [0.717, 1.165) is 12.1 Å². The smallest absolute Gasteiger partial charge is 0.416 e. The molecule has 1 atom stereocenters. The quantitative estimate of drug-likeness (QED) is 0.878. The van der Waals surface area contributed by atoms with E-state index in [9.17, 15) is 22.8 Å². The summed E-state index contributed by atoms with van der Waals surface area (Å²) >= 11 is 0. The molecule has 2 N–H and O–H groups in total. The minimum absolute atomic E-state index is 0.166. The highest BCUT2D eigenvalue weighted by Crippen LogP contribution is 2.31. The normalized spacial score (nSPS) is 13.1. The first-order chi connectivity index (χ1) is 10.9. The highest BCUT2D eigenvalue weighted by molar-refractivity contribution is 5.77. The molecule has 0 aromatic heterocycles. The Morgan fingerprint density at radius 1 is 1.21 bits per heavy atom. The van der Waals surface area contributed by atoms with E-state index >= 15 is 0 Å². The van der Waals surface area contributed by atoms with Gasteiger partial charge in [0.25, 0.3) is 0 Å². The van der Waals surface area contributed by atoms with Gasteiger partial charge in [-0.15, -0.1) is 0 Å². The molecule has 8 heteroatoms. The van der Waals surface area contributed by atoms with Crippen LogP contribution in [0.5, 0.6) is 0 Å². The number of benzene rings is 1. The lowest BCUT2D eigenvalue weighted by Crippen LogP contribution is -2.37. The molecule has 0 bridgehead atoms. The van der Waals surface area contributed by atoms with Gasteiger partial charge < -0.3 is 15.4 Å². The number of amides is 2. The molecule has 24 heavy (non-hydrogen) atoms. The van der Waals surface area contributed by atoms with Crippen LogP contribution in [-0.4, -0.2) is 24.6 Å². The Morgan fingerprint density at radius 2 is 1.83 bits per heavy atom. The van der Waals surface area contributed by atoms with Gasteiger partial charge in [0.1, 0.15) is 5.60 Å². The summed E-state index contributed by atoms with van der Waals surface area (Å²) in [5.41, 5.74) is -1.46. The van der Waals surface area contributed by atoms with Crippen molar-refractivity contribution >= 4 is 12.0 Å². The molecule has 0 aliphatic carbocycles. The summed E-state index contributed by atoms with van der Waals surface area (Å²) in [6, 6.07) is 3.53. The van der Waals surface area contributed by atoms with E-state index in [1.807, 2.05) is 0 Å². The van der Waals surface area contributed by atoms with Crippen molar-refractivity contribution in [3.05, 3.63) is 35.4 Å². The average Bonchev–Trinajstić information content (AvgIpc) is 2.43. The van der Waals surface area contributed by atoms with Gasteiger partial charge in [0, 0.05) is 7.05 Å². The molecule has 0 saturated heterocycles. The van der Waals surface area contributed by atoms with Gasteiger partial charge in [0.05, 0.1) is 18.0 Å². The number of alkyl halides is 3. The lowest BCUT2D eigenvalue weighted by atomic mass is 10.0. The maximum absolute atomic E-state index is 12.9. The second kappa shape index (κ2) is 7.55. The lowest BCUT2D eigenvalue weighted by molar-refractivity contribution is -0.137. The van der Waals surface area contributed by atoms with Crippen LogP contribution in [-0.2, 0) is 15.7 Å². The molecule has 0 saturated carbocycles. The molecule has 1 rings (SSSR count). The van der Waals surface area contributed by atoms with Crippen LogP contribution >= 0.6 is 0 Å². The largest absolute Gasteiger partial charge is 0.444 e. The third-order valence-electron chi connectivity index (χ3n) is 2.98.